The average Bonchev–Trinajstić information content (AvgIpc) is 3.44. The normalized spacial score (nSPS) is 22.0. The highest BCUT2D eigenvalue weighted by atomic mass is 16.5. The summed E-state index contributed by atoms with van der Waals surface area (Å²) in [5, 5.41) is 0. The Morgan fingerprint density at radius 2 is 1.55 bits per heavy atom. The lowest BCUT2D eigenvalue weighted by molar-refractivity contribution is 0.0563. The van der Waals surface area contributed by atoms with E-state index in [-0.39, 0.29) is 5.91 Å². The van der Waals surface area contributed by atoms with Gasteiger partial charge in [0.15, 0.2) is 0 Å². The number of piperidine rings is 1. The van der Waals surface area contributed by atoms with Crippen LogP contribution in [0.15, 0.2) is 48.5 Å². The first-order chi connectivity index (χ1) is 16.2. The van der Waals surface area contributed by atoms with E-state index in [1.807, 2.05) is 24.3 Å². The summed E-state index contributed by atoms with van der Waals surface area (Å²) in [4.78, 5) is 22.7. The number of carbonyl (C=O) groups is 1. The minimum atomic E-state index is 0.181. The van der Waals surface area contributed by atoms with Crippen molar-refractivity contribution in [3.05, 3.63) is 54.1 Å². The van der Waals surface area contributed by atoms with Gasteiger partial charge in [0.25, 0.3) is 5.91 Å². The Morgan fingerprint density at radius 1 is 0.818 bits per heavy atom. The molecular weight excluding hydrogens is 412 g/mol. The Balaban J connectivity index is 1.17. The van der Waals surface area contributed by atoms with Crippen molar-refractivity contribution in [2.24, 2.45) is 0 Å². The molecule has 0 bridgehead atoms. The number of anilines is 2. The molecule has 1 unspecified atom stereocenters. The van der Waals surface area contributed by atoms with Crippen LogP contribution in [0.3, 0.4) is 0 Å². The number of methoxy groups -OCH3 is 1. The Kier molecular flexibility index (Phi) is 6.72. The van der Waals surface area contributed by atoms with E-state index in [4.69, 9.17) is 4.74 Å². The Hall–Kier alpha value is -2.73. The number of para-hydroxylation sites is 2. The number of ether oxygens (including phenoxy) is 1. The summed E-state index contributed by atoms with van der Waals surface area (Å²) in [5.41, 5.74) is 3.24. The number of piperazine rings is 1. The van der Waals surface area contributed by atoms with Gasteiger partial charge in [-0.1, -0.05) is 12.1 Å². The van der Waals surface area contributed by atoms with Gasteiger partial charge in [0.2, 0.25) is 0 Å². The molecule has 6 heteroatoms. The Morgan fingerprint density at radius 3 is 2.27 bits per heavy atom. The highest BCUT2D eigenvalue weighted by Crippen LogP contribution is 2.29. The van der Waals surface area contributed by atoms with Crippen molar-refractivity contribution in [1.29, 1.82) is 0 Å². The van der Waals surface area contributed by atoms with Gasteiger partial charge in [-0.05, 0) is 62.1 Å². The van der Waals surface area contributed by atoms with Gasteiger partial charge in [0.1, 0.15) is 5.75 Å². The molecule has 0 aliphatic carbocycles. The summed E-state index contributed by atoms with van der Waals surface area (Å²) in [7, 11) is 1.74. The minimum Gasteiger partial charge on any atom is -0.495 e. The van der Waals surface area contributed by atoms with Crippen LogP contribution in [0.25, 0.3) is 0 Å². The number of hydrogen-bond donors (Lipinski definition) is 0. The van der Waals surface area contributed by atoms with E-state index in [0.29, 0.717) is 6.04 Å². The molecule has 0 N–H and O–H groups in total. The van der Waals surface area contributed by atoms with Gasteiger partial charge >= 0.3 is 0 Å². The van der Waals surface area contributed by atoms with E-state index in [1.165, 1.54) is 30.6 Å². The van der Waals surface area contributed by atoms with Crippen molar-refractivity contribution in [1.82, 2.24) is 9.80 Å². The summed E-state index contributed by atoms with van der Waals surface area (Å²) in [6.45, 7) is 7.98. The van der Waals surface area contributed by atoms with Crippen LogP contribution in [-0.2, 0) is 0 Å². The molecule has 2 aromatic carbocycles. The van der Waals surface area contributed by atoms with Crippen LogP contribution in [0.5, 0.6) is 5.75 Å². The monoisotopic (exact) mass is 448 g/mol. The van der Waals surface area contributed by atoms with Gasteiger partial charge in [0, 0.05) is 69.7 Å². The SMILES string of the molecule is COc1ccccc1N1CCN(C2CCCN(C(=O)c3ccc(N4CCCC4)cc3)C2)CC1. The topological polar surface area (TPSA) is 39.3 Å². The van der Waals surface area contributed by atoms with Crippen molar-refractivity contribution in [2.45, 2.75) is 31.7 Å². The number of benzene rings is 2. The lowest BCUT2D eigenvalue weighted by Crippen LogP contribution is -2.55. The summed E-state index contributed by atoms with van der Waals surface area (Å²) < 4.78 is 5.56. The van der Waals surface area contributed by atoms with Gasteiger partial charge in [-0.3, -0.25) is 9.69 Å². The predicted molar refractivity (Wildman–Crippen MR) is 134 cm³/mol. The van der Waals surface area contributed by atoms with Gasteiger partial charge in [-0.15, -0.1) is 0 Å². The number of nitrogens with zero attached hydrogens (tertiary/aromatic N) is 4. The molecule has 1 amide bonds. The molecule has 5 rings (SSSR count). The van der Waals surface area contributed by atoms with Crippen LogP contribution in [0.2, 0.25) is 0 Å². The predicted octanol–water partition coefficient (Wildman–Crippen LogP) is 3.72. The zero-order valence-corrected chi connectivity index (χ0v) is 19.8. The average molecular weight is 449 g/mol. The molecule has 3 aliphatic heterocycles. The van der Waals surface area contributed by atoms with E-state index in [9.17, 15) is 4.79 Å². The van der Waals surface area contributed by atoms with Crippen molar-refractivity contribution in [3.8, 4) is 5.75 Å². The molecule has 0 saturated carbocycles. The quantitative estimate of drug-likeness (QED) is 0.697. The first-order valence-electron chi connectivity index (χ1n) is 12.5. The molecule has 0 aromatic heterocycles. The van der Waals surface area contributed by atoms with Gasteiger partial charge in [-0.2, -0.15) is 0 Å². The third-order valence-corrected chi connectivity index (χ3v) is 7.53. The number of hydrogen-bond acceptors (Lipinski definition) is 5. The fourth-order valence-electron chi connectivity index (χ4n) is 5.63. The summed E-state index contributed by atoms with van der Waals surface area (Å²) in [6, 6.07) is 17.0. The van der Waals surface area contributed by atoms with Crippen LogP contribution in [0.4, 0.5) is 11.4 Å². The summed E-state index contributed by atoms with van der Waals surface area (Å²) in [5.74, 6) is 1.12. The molecule has 3 heterocycles. The number of rotatable bonds is 5. The minimum absolute atomic E-state index is 0.181. The van der Waals surface area contributed by atoms with Crippen LogP contribution < -0.4 is 14.5 Å². The molecule has 3 saturated heterocycles. The van der Waals surface area contributed by atoms with E-state index in [0.717, 1.165) is 70.1 Å². The molecule has 1 atom stereocenters. The third kappa shape index (κ3) is 4.81. The Bertz CT molecular complexity index is 933. The fraction of sp³-hybridized carbons (Fsp3) is 0.519. The van der Waals surface area contributed by atoms with Crippen molar-refractivity contribution in [2.75, 3.05) is 69.3 Å². The maximum atomic E-state index is 13.2. The lowest BCUT2D eigenvalue weighted by atomic mass is 10.0. The van der Waals surface area contributed by atoms with E-state index < -0.39 is 0 Å². The highest BCUT2D eigenvalue weighted by molar-refractivity contribution is 5.94. The van der Waals surface area contributed by atoms with E-state index in [2.05, 4.69) is 43.9 Å². The van der Waals surface area contributed by atoms with Crippen LogP contribution in [0, 0.1) is 0 Å². The molecule has 0 radical (unpaired) electrons. The van der Waals surface area contributed by atoms with Gasteiger partial charge in [0.05, 0.1) is 12.8 Å². The first-order valence-corrected chi connectivity index (χ1v) is 12.5. The maximum absolute atomic E-state index is 13.2. The molecular formula is C27H36N4O2. The second kappa shape index (κ2) is 10.0. The van der Waals surface area contributed by atoms with Crippen LogP contribution >= 0.6 is 0 Å². The summed E-state index contributed by atoms with van der Waals surface area (Å²) in [6.07, 6.45) is 4.79. The zero-order chi connectivity index (χ0) is 22.6. The maximum Gasteiger partial charge on any atom is 0.253 e. The van der Waals surface area contributed by atoms with Crippen molar-refractivity contribution in [3.63, 3.8) is 0 Å². The first kappa shape index (κ1) is 22.1. The fourth-order valence-corrected chi connectivity index (χ4v) is 5.63. The standard InChI is InChI=1S/C27H36N4O2/c1-33-26-9-3-2-8-25(26)30-19-17-29(18-20-30)24-7-6-16-31(21-24)27(32)22-10-12-23(13-11-22)28-14-4-5-15-28/h2-3,8-13,24H,4-7,14-21H2,1H3. The molecule has 3 aliphatic rings. The van der Waals surface area contributed by atoms with Gasteiger partial charge < -0.3 is 19.4 Å². The molecule has 3 fully saturated rings. The molecule has 176 valence electrons. The van der Waals surface area contributed by atoms with Crippen LogP contribution in [0.1, 0.15) is 36.0 Å². The van der Waals surface area contributed by atoms with E-state index in [1.54, 1.807) is 7.11 Å². The van der Waals surface area contributed by atoms with Crippen molar-refractivity contribution < 1.29 is 9.53 Å². The number of likely N-dealkylation sites (tertiary alicyclic amines) is 1. The second-order valence-electron chi connectivity index (χ2n) is 9.48. The highest BCUT2D eigenvalue weighted by Gasteiger charge is 2.31. The van der Waals surface area contributed by atoms with Gasteiger partial charge in [-0.25, -0.2) is 0 Å². The van der Waals surface area contributed by atoms with Crippen LogP contribution in [-0.4, -0.2) is 81.2 Å². The van der Waals surface area contributed by atoms with Crippen molar-refractivity contribution >= 4 is 17.3 Å². The molecule has 33 heavy (non-hydrogen) atoms. The lowest BCUT2D eigenvalue weighted by Gasteiger charge is -2.44. The number of amides is 1. The summed E-state index contributed by atoms with van der Waals surface area (Å²) >= 11 is 0. The molecule has 6 nitrogen and oxygen atoms in total. The molecule has 0 spiro atoms. The van der Waals surface area contributed by atoms with E-state index >= 15 is 0 Å². The Labute approximate surface area is 197 Å². The number of carbonyl (C=O) groups excluding carboxylic acids is 1. The smallest absolute Gasteiger partial charge is 0.253 e. The second-order valence-corrected chi connectivity index (χ2v) is 9.48. The molecule has 2 aromatic rings. The zero-order valence-electron chi connectivity index (χ0n) is 19.8. The largest absolute Gasteiger partial charge is 0.495 e. The third-order valence-electron chi connectivity index (χ3n) is 7.53.